The molecular formula is C24H26ClFN4O3. The summed E-state index contributed by atoms with van der Waals surface area (Å²) in [6, 6.07) is 8.59. The molecule has 1 aliphatic heterocycles. The average Bonchev–Trinajstić information content (AvgIpc) is 2.77. The van der Waals surface area contributed by atoms with E-state index in [-0.39, 0.29) is 28.8 Å². The standard InChI is InChI=1S/C24H26ClFN4O3/c1-24(2)13-17(7-10-33-24)28-23-27-8-5-20(29-23)15-6-9-30(22(32)12-15)21(14-31)16-3-4-18(25)19(26)11-16/h3-6,8-9,11-12,17,21,31H,7,10,13-14H2,1-2H3,(H,27,28,29). The lowest BCUT2D eigenvalue weighted by molar-refractivity contribution is -0.0553. The van der Waals surface area contributed by atoms with Gasteiger partial charge < -0.3 is 19.7 Å². The van der Waals surface area contributed by atoms with Gasteiger partial charge in [-0.15, -0.1) is 0 Å². The van der Waals surface area contributed by atoms with Crippen LogP contribution in [0.2, 0.25) is 5.02 Å². The Morgan fingerprint density at radius 1 is 1.33 bits per heavy atom. The maximum atomic E-state index is 13.9. The number of nitrogens with zero attached hydrogens (tertiary/aromatic N) is 3. The maximum Gasteiger partial charge on any atom is 0.251 e. The summed E-state index contributed by atoms with van der Waals surface area (Å²) in [5.74, 6) is -0.115. The number of hydrogen-bond donors (Lipinski definition) is 2. The molecule has 0 spiro atoms. The van der Waals surface area contributed by atoms with Crippen LogP contribution in [-0.4, -0.2) is 44.5 Å². The van der Waals surface area contributed by atoms with Crippen LogP contribution in [0.25, 0.3) is 11.3 Å². The third-order valence-electron chi connectivity index (χ3n) is 5.77. The summed E-state index contributed by atoms with van der Waals surface area (Å²) in [4.78, 5) is 21.8. The van der Waals surface area contributed by atoms with Crippen molar-refractivity contribution in [1.82, 2.24) is 14.5 Å². The van der Waals surface area contributed by atoms with E-state index >= 15 is 0 Å². The molecule has 0 radical (unpaired) electrons. The molecule has 1 aromatic carbocycles. The van der Waals surface area contributed by atoms with Crippen molar-refractivity contribution in [2.45, 2.75) is 44.4 Å². The van der Waals surface area contributed by atoms with Crippen molar-refractivity contribution < 1.29 is 14.2 Å². The molecule has 0 amide bonds. The Labute approximate surface area is 196 Å². The number of nitrogens with one attached hydrogen (secondary N) is 1. The lowest BCUT2D eigenvalue weighted by atomic mass is 9.94. The number of aliphatic hydroxyl groups excluding tert-OH is 1. The summed E-state index contributed by atoms with van der Waals surface area (Å²) in [5.41, 5.74) is 1.12. The van der Waals surface area contributed by atoms with Gasteiger partial charge in [0.15, 0.2) is 0 Å². The van der Waals surface area contributed by atoms with Crippen molar-refractivity contribution in [1.29, 1.82) is 0 Å². The molecule has 9 heteroatoms. The summed E-state index contributed by atoms with van der Waals surface area (Å²) < 4.78 is 21.0. The van der Waals surface area contributed by atoms with Crippen LogP contribution in [0, 0.1) is 5.82 Å². The highest BCUT2D eigenvalue weighted by molar-refractivity contribution is 6.30. The first kappa shape index (κ1) is 23.4. The van der Waals surface area contributed by atoms with Gasteiger partial charge in [-0.1, -0.05) is 17.7 Å². The number of rotatable bonds is 6. The van der Waals surface area contributed by atoms with Crippen molar-refractivity contribution in [2.75, 3.05) is 18.5 Å². The van der Waals surface area contributed by atoms with E-state index < -0.39 is 11.9 Å². The minimum absolute atomic E-state index is 0.0179. The number of aliphatic hydroxyl groups is 1. The fourth-order valence-electron chi connectivity index (χ4n) is 4.11. The highest BCUT2D eigenvalue weighted by Gasteiger charge is 2.29. The highest BCUT2D eigenvalue weighted by Crippen LogP contribution is 2.27. The second kappa shape index (κ2) is 9.59. The van der Waals surface area contributed by atoms with E-state index in [1.165, 1.54) is 22.8 Å². The lowest BCUT2D eigenvalue weighted by Crippen LogP contribution is -2.40. The predicted molar refractivity (Wildman–Crippen MR) is 125 cm³/mol. The van der Waals surface area contributed by atoms with Crippen molar-refractivity contribution >= 4 is 17.5 Å². The fraction of sp³-hybridized carbons (Fsp3) is 0.375. The van der Waals surface area contributed by atoms with Crippen LogP contribution in [0.1, 0.15) is 38.3 Å². The SMILES string of the molecule is CC1(C)CC(Nc2nccc(-c3ccn(C(CO)c4ccc(Cl)c(F)c4)c(=O)c3)n2)CCO1. The van der Waals surface area contributed by atoms with Gasteiger partial charge in [0.25, 0.3) is 5.56 Å². The predicted octanol–water partition coefficient (Wildman–Crippen LogP) is 4.05. The molecule has 174 valence electrons. The fourth-order valence-corrected chi connectivity index (χ4v) is 4.22. The van der Waals surface area contributed by atoms with E-state index in [0.717, 1.165) is 12.8 Å². The zero-order valence-corrected chi connectivity index (χ0v) is 19.2. The summed E-state index contributed by atoms with van der Waals surface area (Å²) in [6.07, 6.45) is 4.92. The summed E-state index contributed by atoms with van der Waals surface area (Å²) in [5, 5.41) is 13.2. The van der Waals surface area contributed by atoms with E-state index in [0.29, 0.717) is 29.4 Å². The van der Waals surface area contributed by atoms with Crippen molar-refractivity contribution in [2.24, 2.45) is 0 Å². The smallest absolute Gasteiger partial charge is 0.251 e. The van der Waals surface area contributed by atoms with E-state index in [9.17, 15) is 14.3 Å². The number of anilines is 1. The average molecular weight is 473 g/mol. The van der Waals surface area contributed by atoms with Crippen molar-refractivity contribution in [3.63, 3.8) is 0 Å². The Morgan fingerprint density at radius 3 is 2.85 bits per heavy atom. The first-order chi connectivity index (χ1) is 15.8. The molecule has 2 unspecified atom stereocenters. The molecular weight excluding hydrogens is 447 g/mol. The molecule has 0 bridgehead atoms. The molecule has 4 rings (SSSR count). The van der Waals surface area contributed by atoms with E-state index in [4.69, 9.17) is 16.3 Å². The molecule has 0 saturated carbocycles. The molecule has 2 aromatic heterocycles. The normalized spacial score (nSPS) is 18.6. The largest absolute Gasteiger partial charge is 0.394 e. The van der Waals surface area contributed by atoms with Gasteiger partial charge in [-0.25, -0.2) is 14.4 Å². The zero-order valence-electron chi connectivity index (χ0n) is 18.5. The Balaban J connectivity index is 1.57. The van der Waals surface area contributed by atoms with Gasteiger partial charge in [-0.05, 0) is 56.5 Å². The van der Waals surface area contributed by atoms with Crippen molar-refractivity contribution in [3.8, 4) is 11.3 Å². The Bertz CT molecular complexity index is 1200. The molecule has 2 N–H and O–H groups in total. The molecule has 33 heavy (non-hydrogen) atoms. The lowest BCUT2D eigenvalue weighted by Gasteiger charge is -2.35. The summed E-state index contributed by atoms with van der Waals surface area (Å²) in [7, 11) is 0. The van der Waals surface area contributed by atoms with Crippen molar-refractivity contribution in [3.05, 3.63) is 75.5 Å². The minimum Gasteiger partial charge on any atom is -0.394 e. The van der Waals surface area contributed by atoms with Gasteiger partial charge in [0.05, 0.1) is 29.0 Å². The molecule has 2 atom stereocenters. The molecule has 0 aliphatic carbocycles. The first-order valence-electron chi connectivity index (χ1n) is 10.8. The summed E-state index contributed by atoms with van der Waals surface area (Å²) >= 11 is 5.75. The number of benzene rings is 1. The molecule has 7 nitrogen and oxygen atoms in total. The number of aromatic nitrogens is 3. The van der Waals surface area contributed by atoms with Gasteiger partial charge in [0.2, 0.25) is 5.95 Å². The number of hydrogen-bond acceptors (Lipinski definition) is 6. The van der Waals surface area contributed by atoms with Gasteiger partial charge in [0.1, 0.15) is 5.82 Å². The van der Waals surface area contributed by atoms with Gasteiger partial charge in [-0.2, -0.15) is 0 Å². The second-order valence-electron chi connectivity index (χ2n) is 8.74. The minimum atomic E-state index is -0.738. The van der Waals surface area contributed by atoms with E-state index in [2.05, 4.69) is 29.1 Å². The molecule has 3 heterocycles. The molecule has 1 fully saturated rings. The van der Waals surface area contributed by atoms with Crippen LogP contribution in [-0.2, 0) is 4.74 Å². The zero-order chi connectivity index (χ0) is 23.6. The number of ether oxygens (including phenoxy) is 1. The van der Waals surface area contributed by atoms with Crippen LogP contribution in [0.3, 0.4) is 0 Å². The third-order valence-corrected chi connectivity index (χ3v) is 6.07. The summed E-state index contributed by atoms with van der Waals surface area (Å²) in [6.45, 7) is 4.42. The monoisotopic (exact) mass is 472 g/mol. The van der Waals surface area contributed by atoms with Crippen LogP contribution in [0.15, 0.2) is 53.6 Å². The highest BCUT2D eigenvalue weighted by atomic mass is 35.5. The first-order valence-corrected chi connectivity index (χ1v) is 11.2. The van der Waals surface area contributed by atoms with Gasteiger partial charge >= 0.3 is 0 Å². The second-order valence-corrected chi connectivity index (χ2v) is 9.15. The molecule has 1 saturated heterocycles. The Hall–Kier alpha value is -2.81. The third kappa shape index (κ3) is 5.40. The van der Waals surface area contributed by atoms with E-state index in [1.807, 2.05) is 0 Å². The maximum absolute atomic E-state index is 13.9. The van der Waals surface area contributed by atoms with E-state index in [1.54, 1.807) is 30.6 Å². The van der Waals surface area contributed by atoms with Gasteiger partial charge in [-0.3, -0.25) is 4.79 Å². The van der Waals surface area contributed by atoms with Gasteiger partial charge in [0, 0.05) is 36.7 Å². The van der Waals surface area contributed by atoms with Crippen LogP contribution in [0.5, 0.6) is 0 Å². The molecule has 3 aromatic rings. The topological polar surface area (TPSA) is 89.3 Å². The number of pyridine rings is 1. The Morgan fingerprint density at radius 2 is 2.15 bits per heavy atom. The molecule has 1 aliphatic rings. The Kier molecular flexibility index (Phi) is 6.78. The van der Waals surface area contributed by atoms with Crippen LogP contribution in [0.4, 0.5) is 10.3 Å². The van der Waals surface area contributed by atoms with Crippen LogP contribution >= 0.6 is 11.6 Å². The quantitative estimate of drug-likeness (QED) is 0.562. The van der Waals surface area contributed by atoms with Crippen LogP contribution < -0.4 is 10.9 Å². The number of halogens is 2.